The molecule has 3 aromatic rings. The zero-order chi connectivity index (χ0) is 21.6. The summed E-state index contributed by atoms with van der Waals surface area (Å²) >= 11 is 0. The summed E-state index contributed by atoms with van der Waals surface area (Å²) < 4.78 is 33.0. The minimum Gasteiger partial charge on any atom is -0.484 e. The summed E-state index contributed by atoms with van der Waals surface area (Å²) in [5.74, 6) is -0.0842. The van der Waals surface area contributed by atoms with Crippen LogP contribution in [-0.2, 0) is 14.8 Å². The second-order valence-corrected chi connectivity index (χ2v) is 8.06. The van der Waals surface area contributed by atoms with Crippen LogP contribution in [0.15, 0.2) is 83.8 Å². The number of hydrogen-bond donors (Lipinski definition) is 2. The monoisotopic (exact) mass is 424 g/mol. The molecule has 0 aromatic heterocycles. The molecule has 8 heteroatoms. The van der Waals surface area contributed by atoms with E-state index in [1.165, 1.54) is 19.1 Å². The van der Waals surface area contributed by atoms with Crippen LogP contribution >= 0.6 is 0 Å². The van der Waals surface area contributed by atoms with Crippen LogP contribution in [0.3, 0.4) is 0 Å². The van der Waals surface area contributed by atoms with E-state index in [1.54, 1.807) is 66.7 Å². The highest BCUT2D eigenvalue weighted by Gasteiger charge is 2.16. The fraction of sp³-hybridized carbons (Fsp3) is 0.0909. The van der Waals surface area contributed by atoms with Crippen molar-refractivity contribution in [3.8, 4) is 5.75 Å². The van der Waals surface area contributed by atoms with Crippen LogP contribution in [-0.4, -0.2) is 26.7 Å². The molecule has 0 atom stereocenters. The van der Waals surface area contributed by atoms with Crippen LogP contribution in [0.5, 0.6) is 5.75 Å². The molecule has 0 bridgehead atoms. The molecule has 0 aliphatic heterocycles. The number of para-hydroxylation sites is 2. The van der Waals surface area contributed by atoms with E-state index in [9.17, 15) is 18.0 Å². The first-order valence-electron chi connectivity index (χ1n) is 9.06. The van der Waals surface area contributed by atoms with Gasteiger partial charge in [0.25, 0.3) is 15.9 Å². The Hall–Kier alpha value is -3.65. The largest absolute Gasteiger partial charge is 0.484 e. The smallest absolute Gasteiger partial charge is 0.262 e. The summed E-state index contributed by atoms with van der Waals surface area (Å²) in [4.78, 5) is 23.7. The Bertz CT molecular complexity index is 1140. The summed E-state index contributed by atoms with van der Waals surface area (Å²) in [5.41, 5.74) is 1.09. The lowest BCUT2D eigenvalue weighted by Crippen LogP contribution is -2.22. The fourth-order valence-electron chi connectivity index (χ4n) is 2.61. The van der Waals surface area contributed by atoms with E-state index in [4.69, 9.17) is 4.74 Å². The van der Waals surface area contributed by atoms with E-state index in [1.807, 2.05) is 0 Å². The summed E-state index contributed by atoms with van der Waals surface area (Å²) in [7, 11) is -3.80. The average molecular weight is 424 g/mol. The SMILES string of the molecule is CC(=O)c1ccc(OCC(=O)Nc2ccccc2NS(=O)(=O)c2ccccc2)cc1. The van der Waals surface area contributed by atoms with Crippen molar-refractivity contribution >= 4 is 33.1 Å². The van der Waals surface area contributed by atoms with Crippen molar-refractivity contribution < 1.29 is 22.7 Å². The standard InChI is InChI=1S/C22H20N2O5S/c1-16(25)17-11-13-18(14-12-17)29-15-22(26)23-20-9-5-6-10-21(20)24-30(27,28)19-7-3-2-4-8-19/h2-14,24H,15H2,1H3,(H,23,26). The van der Waals surface area contributed by atoms with Gasteiger partial charge in [-0.25, -0.2) is 8.42 Å². The Morgan fingerprint density at radius 1 is 0.833 bits per heavy atom. The van der Waals surface area contributed by atoms with Gasteiger partial charge >= 0.3 is 0 Å². The van der Waals surface area contributed by atoms with Crippen molar-refractivity contribution in [1.29, 1.82) is 0 Å². The van der Waals surface area contributed by atoms with Crippen molar-refractivity contribution in [3.63, 3.8) is 0 Å². The van der Waals surface area contributed by atoms with Crippen molar-refractivity contribution in [2.75, 3.05) is 16.6 Å². The molecule has 2 N–H and O–H groups in total. The molecule has 30 heavy (non-hydrogen) atoms. The molecule has 0 saturated heterocycles. The van der Waals surface area contributed by atoms with Gasteiger partial charge in [0.15, 0.2) is 12.4 Å². The van der Waals surface area contributed by atoms with Gasteiger partial charge in [-0.2, -0.15) is 0 Å². The molecular formula is C22H20N2O5S. The lowest BCUT2D eigenvalue weighted by molar-refractivity contribution is -0.118. The highest BCUT2D eigenvalue weighted by molar-refractivity contribution is 7.92. The van der Waals surface area contributed by atoms with E-state index < -0.39 is 15.9 Å². The van der Waals surface area contributed by atoms with Gasteiger partial charge in [0.2, 0.25) is 0 Å². The molecule has 0 fully saturated rings. The van der Waals surface area contributed by atoms with E-state index in [2.05, 4.69) is 10.0 Å². The topological polar surface area (TPSA) is 102 Å². The highest BCUT2D eigenvalue weighted by Crippen LogP contribution is 2.24. The third-order valence-electron chi connectivity index (χ3n) is 4.13. The molecule has 154 valence electrons. The number of carbonyl (C=O) groups is 2. The summed E-state index contributed by atoms with van der Waals surface area (Å²) in [6.45, 7) is 1.19. The maximum Gasteiger partial charge on any atom is 0.262 e. The van der Waals surface area contributed by atoms with E-state index in [0.717, 1.165) is 0 Å². The first-order valence-corrected chi connectivity index (χ1v) is 10.5. The number of hydrogen-bond acceptors (Lipinski definition) is 5. The quantitative estimate of drug-likeness (QED) is 0.537. The van der Waals surface area contributed by atoms with Gasteiger partial charge in [-0.3, -0.25) is 14.3 Å². The molecule has 3 rings (SSSR count). The number of amides is 1. The maximum absolute atomic E-state index is 12.6. The van der Waals surface area contributed by atoms with Gasteiger partial charge < -0.3 is 10.1 Å². The minimum absolute atomic E-state index is 0.0612. The molecule has 0 spiro atoms. The number of nitrogens with one attached hydrogen (secondary N) is 2. The van der Waals surface area contributed by atoms with Crippen LogP contribution < -0.4 is 14.8 Å². The molecule has 0 aliphatic carbocycles. The summed E-state index contributed by atoms with van der Waals surface area (Å²) in [5, 5.41) is 2.64. The predicted octanol–water partition coefficient (Wildman–Crippen LogP) is 3.71. The third kappa shape index (κ3) is 5.45. The van der Waals surface area contributed by atoms with E-state index in [0.29, 0.717) is 17.0 Å². The average Bonchev–Trinajstić information content (AvgIpc) is 2.74. The van der Waals surface area contributed by atoms with Crippen LogP contribution in [0.4, 0.5) is 11.4 Å². The summed E-state index contributed by atoms with van der Waals surface area (Å²) in [6, 6.07) is 20.8. The number of sulfonamides is 1. The normalized spacial score (nSPS) is 10.8. The molecular weight excluding hydrogens is 404 g/mol. The first-order chi connectivity index (χ1) is 14.3. The predicted molar refractivity (Wildman–Crippen MR) is 114 cm³/mol. The molecule has 3 aromatic carbocycles. The number of carbonyl (C=O) groups excluding carboxylic acids is 2. The number of anilines is 2. The Kier molecular flexibility index (Phi) is 6.48. The van der Waals surface area contributed by atoms with Gasteiger partial charge in [0, 0.05) is 5.56 Å². The van der Waals surface area contributed by atoms with Crippen LogP contribution in [0.1, 0.15) is 17.3 Å². The lowest BCUT2D eigenvalue weighted by atomic mass is 10.1. The Balaban J connectivity index is 1.65. The van der Waals surface area contributed by atoms with Crippen molar-refractivity contribution in [2.45, 2.75) is 11.8 Å². The molecule has 0 aliphatic rings. The van der Waals surface area contributed by atoms with E-state index >= 15 is 0 Å². The molecule has 1 amide bonds. The number of ether oxygens (including phenoxy) is 1. The van der Waals surface area contributed by atoms with Crippen molar-refractivity contribution in [1.82, 2.24) is 0 Å². The number of ketones is 1. The van der Waals surface area contributed by atoms with E-state index in [-0.39, 0.29) is 23.0 Å². The van der Waals surface area contributed by atoms with Gasteiger partial charge in [0.1, 0.15) is 5.75 Å². The van der Waals surface area contributed by atoms with Crippen molar-refractivity contribution in [2.24, 2.45) is 0 Å². The van der Waals surface area contributed by atoms with Crippen LogP contribution in [0, 0.1) is 0 Å². The van der Waals surface area contributed by atoms with Gasteiger partial charge in [0.05, 0.1) is 16.3 Å². The lowest BCUT2D eigenvalue weighted by Gasteiger charge is -2.14. The Morgan fingerprint density at radius 3 is 2.07 bits per heavy atom. The maximum atomic E-state index is 12.6. The van der Waals surface area contributed by atoms with Gasteiger partial charge in [-0.15, -0.1) is 0 Å². The summed E-state index contributed by atoms with van der Waals surface area (Å²) in [6.07, 6.45) is 0. The Labute approximate surface area is 174 Å². The third-order valence-corrected chi connectivity index (χ3v) is 5.51. The molecule has 0 saturated carbocycles. The highest BCUT2D eigenvalue weighted by atomic mass is 32.2. The van der Waals surface area contributed by atoms with Gasteiger partial charge in [-0.1, -0.05) is 30.3 Å². The minimum atomic E-state index is -3.80. The van der Waals surface area contributed by atoms with Crippen molar-refractivity contribution in [3.05, 3.63) is 84.4 Å². The first kappa shape index (κ1) is 21.1. The second kappa shape index (κ2) is 9.23. The zero-order valence-corrected chi connectivity index (χ0v) is 17.0. The van der Waals surface area contributed by atoms with Crippen LogP contribution in [0.2, 0.25) is 0 Å². The second-order valence-electron chi connectivity index (χ2n) is 6.38. The Morgan fingerprint density at radius 2 is 1.43 bits per heavy atom. The molecule has 0 radical (unpaired) electrons. The molecule has 0 heterocycles. The number of rotatable bonds is 8. The van der Waals surface area contributed by atoms with Gasteiger partial charge in [-0.05, 0) is 55.5 Å². The number of Topliss-reactive ketones (excluding diaryl/α,β-unsaturated/α-hetero) is 1. The zero-order valence-electron chi connectivity index (χ0n) is 16.2. The molecule has 0 unspecified atom stereocenters. The fourth-order valence-corrected chi connectivity index (χ4v) is 3.71. The number of benzene rings is 3. The van der Waals surface area contributed by atoms with Crippen LogP contribution in [0.25, 0.3) is 0 Å². The molecule has 7 nitrogen and oxygen atoms in total.